The lowest BCUT2D eigenvalue weighted by atomic mass is 10.7. The third-order valence-corrected chi connectivity index (χ3v) is 2.31. The highest BCUT2D eigenvalue weighted by Crippen LogP contribution is 2.03. The second kappa shape index (κ2) is 3.90. The maximum absolute atomic E-state index is 10.5. The van der Waals surface area contributed by atoms with Gasteiger partial charge in [0, 0.05) is 6.92 Å². The maximum Gasteiger partial charge on any atom is 0.191 e. The summed E-state index contributed by atoms with van der Waals surface area (Å²) in [5, 5.41) is 0.575. The summed E-state index contributed by atoms with van der Waals surface area (Å²) in [6.45, 7) is 3.64. The van der Waals surface area contributed by atoms with Gasteiger partial charge in [-0.15, -0.1) is 0 Å². The average Bonchev–Trinajstić information content (AvgIpc) is 1.63. The SMILES string of the molecule is CC(=O)SC(C)[NH+](C)C. The van der Waals surface area contributed by atoms with Gasteiger partial charge in [0.05, 0.1) is 14.1 Å². The van der Waals surface area contributed by atoms with Crippen molar-refractivity contribution in [2.45, 2.75) is 19.2 Å². The fourth-order valence-corrected chi connectivity index (χ4v) is 1.10. The van der Waals surface area contributed by atoms with Gasteiger partial charge in [0.1, 0.15) is 5.37 Å². The van der Waals surface area contributed by atoms with Gasteiger partial charge < -0.3 is 4.90 Å². The minimum Gasteiger partial charge on any atom is -0.329 e. The summed E-state index contributed by atoms with van der Waals surface area (Å²) >= 11 is 1.39. The van der Waals surface area contributed by atoms with Gasteiger partial charge in [0.2, 0.25) is 0 Å². The van der Waals surface area contributed by atoms with Crippen LogP contribution in [-0.2, 0) is 4.79 Å². The first kappa shape index (κ1) is 8.98. The van der Waals surface area contributed by atoms with Crippen molar-refractivity contribution >= 4 is 16.9 Å². The zero-order valence-corrected chi connectivity index (χ0v) is 7.21. The standard InChI is InChI=1S/C6H13NOS/c1-5(7(3)4)9-6(2)8/h5H,1-4H3/p+1. The predicted molar refractivity (Wildman–Crippen MR) is 40.5 cm³/mol. The summed E-state index contributed by atoms with van der Waals surface area (Å²) in [5.74, 6) is 0. The number of thioether (sulfide) groups is 1. The normalized spacial score (nSPS) is 13.9. The quantitative estimate of drug-likeness (QED) is 0.546. The molecule has 0 bridgehead atoms. The summed E-state index contributed by atoms with van der Waals surface area (Å²) in [4.78, 5) is 11.8. The molecule has 3 heteroatoms. The molecule has 0 spiro atoms. The van der Waals surface area contributed by atoms with Gasteiger partial charge in [0.25, 0.3) is 0 Å². The van der Waals surface area contributed by atoms with Gasteiger partial charge in [-0.2, -0.15) is 0 Å². The molecule has 0 heterocycles. The van der Waals surface area contributed by atoms with Crippen molar-refractivity contribution in [3.8, 4) is 0 Å². The van der Waals surface area contributed by atoms with Crippen LogP contribution in [-0.4, -0.2) is 24.6 Å². The van der Waals surface area contributed by atoms with E-state index in [-0.39, 0.29) is 5.12 Å². The van der Waals surface area contributed by atoms with Crippen molar-refractivity contribution < 1.29 is 9.69 Å². The van der Waals surface area contributed by atoms with Crippen molar-refractivity contribution in [2.75, 3.05) is 14.1 Å². The Hall–Kier alpha value is -0.0200. The molecule has 0 aromatic carbocycles. The Morgan fingerprint density at radius 2 is 2.00 bits per heavy atom. The third-order valence-electron chi connectivity index (χ3n) is 1.16. The Bertz CT molecular complexity index is 103. The molecule has 0 fully saturated rings. The Labute approximate surface area is 60.6 Å². The average molecular weight is 148 g/mol. The van der Waals surface area contributed by atoms with Crippen LogP contribution in [0.25, 0.3) is 0 Å². The van der Waals surface area contributed by atoms with E-state index in [2.05, 4.69) is 0 Å². The molecule has 0 saturated heterocycles. The van der Waals surface area contributed by atoms with Gasteiger partial charge in [-0.3, -0.25) is 4.79 Å². The predicted octanol–water partition coefficient (Wildman–Crippen LogP) is -0.243. The van der Waals surface area contributed by atoms with Gasteiger partial charge in [-0.1, -0.05) is 0 Å². The molecule has 1 atom stereocenters. The van der Waals surface area contributed by atoms with E-state index in [1.54, 1.807) is 6.92 Å². The molecular formula is C6H14NOS+. The number of carbonyl (C=O) groups is 1. The minimum absolute atomic E-state index is 0.198. The van der Waals surface area contributed by atoms with Crippen LogP contribution in [0.2, 0.25) is 0 Å². The highest BCUT2D eigenvalue weighted by molar-refractivity contribution is 8.13. The molecule has 1 N–H and O–H groups in total. The van der Waals surface area contributed by atoms with Gasteiger partial charge in [-0.25, -0.2) is 0 Å². The van der Waals surface area contributed by atoms with Gasteiger partial charge >= 0.3 is 0 Å². The molecule has 2 nitrogen and oxygen atoms in total. The van der Waals surface area contributed by atoms with E-state index in [1.807, 2.05) is 21.0 Å². The molecule has 0 aromatic heterocycles. The van der Waals surface area contributed by atoms with Crippen molar-refractivity contribution in [2.24, 2.45) is 0 Å². The van der Waals surface area contributed by atoms with Crippen LogP contribution in [0.4, 0.5) is 0 Å². The second-order valence-electron chi connectivity index (χ2n) is 2.33. The third kappa shape index (κ3) is 4.48. The number of hydrogen-bond donors (Lipinski definition) is 1. The summed E-state index contributed by atoms with van der Waals surface area (Å²) < 4.78 is 0. The number of quaternary nitrogens is 1. The highest BCUT2D eigenvalue weighted by Gasteiger charge is 2.09. The molecule has 0 rings (SSSR count). The summed E-state index contributed by atoms with van der Waals surface area (Å²) in [5.41, 5.74) is 0. The van der Waals surface area contributed by atoms with Crippen molar-refractivity contribution in [1.82, 2.24) is 0 Å². The first-order valence-electron chi connectivity index (χ1n) is 3.01. The molecule has 0 radical (unpaired) electrons. The summed E-state index contributed by atoms with van der Waals surface area (Å²) in [7, 11) is 4.08. The van der Waals surface area contributed by atoms with E-state index >= 15 is 0 Å². The molecule has 0 aliphatic rings. The van der Waals surface area contributed by atoms with Crippen LogP contribution in [0.1, 0.15) is 13.8 Å². The lowest BCUT2D eigenvalue weighted by Crippen LogP contribution is -3.08. The summed E-state index contributed by atoms with van der Waals surface area (Å²) in [6.07, 6.45) is 0. The molecule has 0 aromatic rings. The smallest absolute Gasteiger partial charge is 0.191 e. The molecule has 9 heavy (non-hydrogen) atoms. The zero-order chi connectivity index (χ0) is 7.44. The fraction of sp³-hybridized carbons (Fsp3) is 0.833. The van der Waals surface area contributed by atoms with E-state index in [0.29, 0.717) is 5.37 Å². The topological polar surface area (TPSA) is 21.5 Å². The van der Waals surface area contributed by atoms with Crippen molar-refractivity contribution in [1.29, 1.82) is 0 Å². The number of nitrogens with one attached hydrogen (secondary N) is 1. The van der Waals surface area contributed by atoms with Crippen LogP contribution in [0.5, 0.6) is 0 Å². The number of carbonyl (C=O) groups excluding carboxylic acids is 1. The molecule has 54 valence electrons. The highest BCUT2D eigenvalue weighted by atomic mass is 32.2. The van der Waals surface area contributed by atoms with Crippen molar-refractivity contribution in [3.63, 3.8) is 0 Å². The van der Waals surface area contributed by atoms with Crippen LogP contribution in [0.15, 0.2) is 0 Å². The lowest BCUT2D eigenvalue weighted by Gasteiger charge is -2.13. The Kier molecular flexibility index (Phi) is 3.89. The minimum atomic E-state index is 0.198. The van der Waals surface area contributed by atoms with E-state index < -0.39 is 0 Å². The maximum atomic E-state index is 10.5. The summed E-state index contributed by atoms with van der Waals surface area (Å²) in [6, 6.07) is 0. The largest absolute Gasteiger partial charge is 0.329 e. The van der Waals surface area contributed by atoms with Gasteiger partial charge in [0.15, 0.2) is 5.12 Å². The first-order chi connectivity index (χ1) is 4.04. The molecule has 0 aliphatic carbocycles. The molecule has 1 unspecified atom stereocenters. The second-order valence-corrected chi connectivity index (χ2v) is 3.85. The molecule has 0 amide bonds. The van der Waals surface area contributed by atoms with E-state index in [0.717, 1.165) is 0 Å². The lowest BCUT2D eigenvalue weighted by molar-refractivity contribution is -0.866. The van der Waals surface area contributed by atoms with Crippen molar-refractivity contribution in [3.05, 3.63) is 0 Å². The first-order valence-corrected chi connectivity index (χ1v) is 3.89. The molecular weight excluding hydrogens is 134 g/mol. The van der Waals surface area contributed by atoms with Crippen LogP contribution in [0.3, 0.4) is 0 Å². The molecule has 0 saturated carbocycles. The number of hydrogen-bond acceptors (Lipinski definition) is 2. The Morgan fingerprint density at radius 3 is 2.11 bits per heavy atom. The Balaban J connectivity index is 3.50. The monoisotopic (exact) mass is 148 g/mol. The van der Waals surface area contributed by atoms with Crippen LogP contribution in [0, 0.1) is 0 Å². The number of rotatable bonds is 2. The Morgan fingerprint density at radius 1 is 1.56 bits per heavy atom. The van der Waals surface area contributed by atoms with E-state index in [9.17, 15) is 4.79 Å². The van der Waals surface area contributed by atoms with Gasteiger partial charge in [-0.05, 0) is 18.7 Å². The van der Waals surface area contributed by atoms with E-state index in [4.69, 9.17) is 0 Å². The fourth-order valence-electron chi connectivity index (χ4n) is 0.367. The van der Waals surface area contributed by atoms with Crippen LogP contribution < -0.4 is 4.90 Å². The molecule has 0 aliphatic heterocycles. The van der Waals surface area contributed by atoms with Crippen LogP contribution >= 0.6 is 11.8 Å². The zero-order valence-electron chi connectivity index (χ0n) is 6.39. The van der Waals surface area contributed by atoms with E-state index in [1.165, 1.54) is 16.7 Å².